The van der Waals surface area contributed by atoms with Crippen LogP contribution in [0.25, 0.3) is 0 Å². The van der Waals surface area contributed by atoms with Gasteiger partial charge >= 0.3 is 0 Å². The van der Waals surface area contributed by atoms with E-state index < -0.39 is 0 Å². The summed E-state index contributed by atoms with van der Waals surface area (Å²) < 4.78 is 0. The van der Waals surface area contributed by atoms with E-state index in [-0.39, 0.29) is 11.9 Å². The van der Waals surface area contributed by atoms with Crippen LogP contribution in [0.4, 0.5) is 0 Å². The Morgan fingerprint density at radius 1 is 1.38 bits per heavy atom. The van der Waals surface area contributed by atoms with Gasteiger partial charge in [-0.2, -0.15) is 5.10 Å². The fourth-order valence-corrected chi connectivity index (χ4v) is 2.95. The summed E-state index contributed by atoms with van der Waals surface area (Å²) in [6.07, 6.45) is 2.49. The van der Waals surface area contributed by atoms with E-state index in [0.717, 1.165) is 36.0 Å². The van der Waals surface area contributed by atoms with Crippen LogP contribution >= 0.6 is 11.8 Å². The lowest BCUT2D eigenvalue weighted by Crippen LogP contribution is -2.36. The van der Waals surface area contributed by atoms with Crippen LogP contribution in [0.2, 0.25) is 0 Å². The van der Waals surface area contributed by atoms with Crippen LogP contribution in [-0.2, 0) is 5.75 Å². The zero-order valence-corrected chi connectivity index (χ0v) is 12.3. The van der Waals surface area contributed by atoms with Gasteiger partial charge in [0.15, 0.2) is 5.16 Å². The van der Waals surface area contributed by atoms with E-state index in [4.69, 9.17) is 0 Å². The number of hydrogen-bond acceptors (Lipinski definition) is 5. The third kappa shape index (κ3) is 3.83. The lowest BCUT2D eigenvalue weighted by molar-refractivity contribution is 0.0940. The van der Waals surface area contributed by atoms with Crippen molar-refractivity contribution in [2.75, 3.05) is 13.1 Å². The van der Waals surface area contributed by atoms with Gasteiger partial charge in [0, 0.05) is 23.9 Å². The number of rotatable bonds is 5. The fourth-order valence-electron chi connectivity index (χ4n) is 2.21. The third-order valence-electron chi connectivity index (χ3n) is 3.38. The highest BCUT2D eigenvalue weighted by molar-refractivity contribution is 7.98. The van der Waals surface area contributed by atoms with Crippen molar-refractivity contribution in [3.8, 4) is 0 Å². The van der Waals surface area contributed by atoms with E-state index in [1.807, 2.05) is 24.3 Å². The number of amides is 1. The molecule has 1 fully saturated rings. The van der Waals surface area contributed by atoms with Crippen LogP contribution in [0.3, 0.4) is 0 Å². The SMILES string of the molecule is O=C(NC1CCNC1)c1ccc(CSc2ncn[nH]2)cc1. The topological polar surface area (TPSA) is 82.7 Å². The maximum Gasteiger partial charge on any atom is 0.251 e. The van der Waals surface area contributed by atoms with Gasteiger partial charge in [-0.3, -0.25) is 9.89 Å². The summed E-state index contributed by atoms with van der Waals surface area (Å²) in [7, 11) is 0. The molecule has 0 spiro atoms. The van der Waals surface area contributed by atoms with E-state index in [2.05, 4.69) is 25.8 Å². The van der Waals surface area contributed by atoms with Crippen molar-refractivity contribution in [3.63, 3.8) is 0 Å². The minimum atomic E-state index is -0.00172. The number of carbonyl (C=O) groups excluding carboxylic acids is 1. The largest absolute Gasteiger partial charge is 0.348 e. The number of nitrogens with zero attached hydrogens (tertiary/aromatic N) is 2. The monoisotopic (exact) mass is 303 g/mol. The van der Waals surface area contributed by atoms with Crippen molar-refractivity contribution < 1.29 is 4.79 Å². The molecule has 7 heteroatoms. The Morgan fingerprint density at radius 3 is 2.90 bits per heavy atom. The molecule has 110 valence electrons. The Balaban J connectivity index is 1.54. The van der Waals surface area contributed by atoms with Gasteiger partial charge in [0.2, 0.25) is 0 Å². The molecule has 1 aliphatic heterocycles. The second kappa shape index (κ2) is 6.73. The molecule has 1 aromatic heterocycles. The second-order valence-electron chi connectivity index (χ2n) is 4.94. The van der Waals surface area contributed by atoms with E-state index in [1.54, 1.807) is 11.8 Å². The minimum absolute atomic E-state index is 0.00172. The minimum Gasteiger partial charge on any atom is -0.348 e. The van der Waals surface area contributed by atoms with Crippen LogP contribution in [0.15, 0.2) is 35.7 Å². The Hall–Kier alpha value is -1.86. The molecule has 0 radical (unpaired) electrons. The molecular formula is C14H17N5OS. The van der Waals surface area contributed by atoms with Crippen molar-refractivity contribution >= 4 is 17.7 Å². The van der Waals surface area contributed by atoms with Crippen LogP contribution in [0, 0.1) is 0 Å². The molecule has 1 amide bonds. The fraction of sp³-hybridized carbons (Fsp3) is 0.357. The lowest BCUT2D eigenvalue weighted by atomic mass is 10.1. The van der Waals surface area contributed by atoms with Gasteiger partial charge in [0.05, 0.1) is 0 Å². The van der Waals surface area contributed by atoms with Crippen LogP contribution in [-0.4, -0.2) is 40.2 Å². The van der Waals surface area contributed by atoms with Gasteiger partial charge in [-0.15, -0.1) is 0 Å². The van der Waals surface area contributed by atoms with E-state index in [1.165, 1.54) is 6.33 Å². The molecule has 0 saturated carbocycles. The van der Waals surface area contributed by atoms with Crippen LogP contribution in [0.1, 0.15) is 22.3 Å². The maximum atomic E-state index is 12.1. The molecule has 1 unspecified atom stereocenters. The summed E-state index contributed by atoms with van der Waals surface area (Å²) >= 11 is 1.58. The quantitative estimate of drug-likeness (QED) is 0.723. The molecule has 1 aromatic carbocycles. The van der Waals surface area contributed by atoms with Crippen molar-refractivity contribution in [2.24, 2.45) is 0 Å². The summed E-state index contributed by atoms with van der Waals surface area (Å²) in [4.78, 5) is 16.1. The first-order chi connectivity index (χ1) is 10.3. The summed E-state index contributed by atoms with van der Waals surface area (Å²) in [5.74, 6) is 0.794. The smallest absolute Gasteiger partial charge is 0.251 e. The third-order valence-corrected chi connectivity index (χ3v) is 4.33. The Kier molecular flexibility index (Phi) is 4.52. The molecule has 0 bridgehead atoms. The van der Waals surface area contributed by atoms with E-state index in [0.29, 0.717) is 5.56 Å². The molecule has 2 heterocycles. The first kappa shape index (κ1) is 14.1. The molecule has 0 aliphatic carbocycles. The molecule has 1 aliphatic rings. The highest BCUT2D eigenvalue weighted by Gasteiger charge is 2.17. The number of thioether (sulfide) groups is 1. The van der Waals surface area contributed by atoms with Crippen molar-refractivity contribution in [1.82, 2.24) is 25.8 Å². The first-order valence-corrected chi connectivity index (χ1v) is 7.88. The highest BCUT2D eigenvalue weighted by Crippen LogP contribution is 2.18. The standard InChI is InChI=1S/C14H17N5OS/c20-13(18-12-5-6-15-7-12)11-3-1-10(2-4-11)8-21-14-16-9-17-19-14/h1-4,9,12,15H,5-8H2,(H,18,20)(H,16,17,19). The molecule has 6 nitrogen and oxygen atoms in total. The van der Waals surface area contributed by atoms with Gasteiger partial charge in [-0.25, -0.2) is 4.98 Å². The summed E-state index contributed by atoms with van der Waals surface area (Å²) in [6.45, 7) is 1.83. The molecule has 2 aromatic rings. The Bertz CT molecular complexity index is 578. The van der Waals surface area contributed by atoms with Gasteiger partial charge in [0.25, 0.3) is 5.91 Å². The average Bonchev–Trinajstić information content (AvgIpc) is 3.19. The van der Waals surface area contributed by atoms with Gasteiger partial charge in [-0.05, 0) is 30.7 Å². The predicted molar refractivity (Wildman–Crippen MR) is 81.1 cm³/mol. The van der Waals surface area contributed by atoms with E-state index >= 15 is 0 Å². The number of benzene rings is 1. The zero-order chi connectivity index (χ0) is 14.5. The molecule has 21 heavy (non-hydrogen) atoms. The zero-order valence-electron chi connectivity index (χ0n) is 11.5. The Morgan fingerprint density at radius 2 is 2.24 bits per heavy atom. The predicted octanol–water partition coefficient (Wildman–Crippen LogP) is 1.19. The summed E-state index contributed by atoms with van der Waals surface area (Å²) in [5.41, 5.74) is 1.85. The molecule has 3 N–H and O–H groups in total. The molecule has 1 saturated heterocycles. The van der Waals surface area contributed by atoms with Crippen LogP contribution in [0.5, 0.6) is 0 Å². The Labute approximate surface area is 127 Å². The molecule has 3 rings (SSSR count). The van der Waals surface area contributed by atoms with Gasteiger partial charge < -0.3 is 10.6 Å². The van der Waals surface area contributed by atoms with Crippen LogP contribution < -0.4 is 10.6 Å². The first-order valence-electron chi connectivity index (χ1n) is 6.90. The maximum absolute atomic E-state index is 12.1. The number of hydrogen-bond donors (Lipinski definition) is 3. The summed E-state index contributed by atoms with van der Waals surface area (Å²) in [5, 5.41) is 13.7. The number of H-pyrrole nitrogens is 1. The average molecular weight is 303 g/mol. The van der Waals surface area contributed by atoms with E-state index in [9.17, 15) is 4.79 Å². The number of aromatic nitrogens is 3. The number of nitrogens with one attached hydrogen (secondary N) is 3. The normalized spacial score (nSPS) is 17.8. The molecular weight excluding hydrogens is 286 g/mol. The van der Waals surface area contributed by atoms with Gasteiger partial charge in [0.1, 0.15) is 6.33 Å². The lowest BCUT2D eigenvalue weighted by Gasteiger charge is -2.11. The summed E-state index contributed by atoms with van der Waals surface area (Å²) in [6, 6.07) is 7.94. The van der Waals surface area contributed by atoms with Crippen molar-refractivity contribution in [3.05, 3.63) is 41.7 Å². The number of carbonyl (C=O) groups is 1. The highest BCUT2D eigenvalue weighted by atomic mass is 32.2. The van der Waals surface area contributed by atoms with Gasteiger partial charge in [-0.1, -0.05) is 23.9 Å². The second-order valence-corrected chi connectivity index (χ2v) is 5.90. The molecule has 1 atom stereocenters. The van der Waals surface area contributed by atoms with Crippen molar-refractivity contribution in [2.45, 2.75) is 23.4 Å². The number of aromatic amines is 1. The van der Waals surface area contributed by atoms with Crippen molar-refractivity contribution in [1.29, 1.82) is 0 Å².